The molecule has 1 aromatic rings. The Balaban J connectivity index is 3.03. The van der Waals surface area contributed by atoms with Gasteiger partial charge in [0, 0.05) is 12.4 Å². The third-order valence-corrected chi connectivity index (χ3v) is 2.83. The van der Waals surface area contributed by atoms with Crippen LogP contribution in [-0.4, -0.2) is 31.7 Å². The van der Waals surface area contributed by atoms with Gasteiger partial charge in [0.1, 0.15) is 11.4 Å². The van der Waals surface area contributed by atoms with Crippen molar-refractivity contribution in [2.45, 2.75) is 5.75 Å². The van der Waals surface area contributed by atoms with Crippen molar-refractivity contribution in [3.8, 4) is 0 Å². The quantitative estimate of drug-likeness (QED) is 0.673. The summed E-state index contributed by atoms with van der Waals surface area (Å²) in [5.41, 5.74) is 0.197. The van der Waals surface area contributed by atoms with Crippen molar-refractivity contribution >= 4 is 16.3 Å². The Morgan fingerprint density at radius 3 is 2.64 bits per heavy atom. The fraction of sp³-hybridized carbons (Fsp3) is 0.286. The van der Waals surface area contributed by atoms with Crippen LogP contribution in [0.15, 0.2) is 12.4 Å². The molecule has 0 saturated carbocycles. The van der Waals surface area contributed by atoms with E-state index in [4.69, 9.17) is 0 Å². The molecule has 0 aliphatic heterocycles. The summed E-state index contributed by atoms with van der Waals surface area (Å²) in [6.07, 6.45) is 3.15. The van der Waals surface area contributed by atoms with Gasteiger partial charge in [-0.1, -0.05) is 0 Å². The lowest BCUT2D eigenvalue weighted by atomic mass is 10.3. The third kappa shape index (κ3) is 2.57. The van der Waals surface area contributed by atoms with Crippen molar-refractivity contribution in [1.29, 1.82) is 0 Å². The highest BCUT2D eigenvalue weighted by Crippen LogP contribution is 2.03. The van der Waals surface area contributed by atoms with Gasteiger partial charge in [-0.2, -0.15) is 0 Å². The van der Waals surface area contributed by atoms with Gasteiger partial charge >= 0.3 is 0 Å². The van der Waals surface area contributed by atoms with Gasteiger partial charge in [0.05, 0.1) is 5.69 Å². The number of hydrogen-bond donors (Lipinski definition) is 1. The Morgan fingerprint density at radius 2 is 2.07 bits per heavy atom. The molecule has 0 fully saturated rings. The maximum absolute atomic E-state index is 11.1. The Bertz CT molecular complexity index is 430. The van der Waals surface area contributed by atoms with Gasteiger partial charge in [-0.3, -0.25) is 9.78 Å². The minimum Gasteiger partial charge on any atom is -0.296 e. The van der Waals surface area contributed by atoms with Crippen LogP contribution in [0.4, 0.5) is 0 Å². The second-order valence-corrected chi connectivity index (χ2v) is 4.40. The van der Waals surface area contributed by atoms with E-state index < -0.39 is 10.0 Å². The van der Waals surface area contributed by atoms with E-state index in [9.17, 15) is 13.2 Å². The Hall–Kier alpha value is -1.34. The number of hydrogen-bond acceptors (Lipinski definition) is 5. The van der Waals surface area contributed by atoms with E-state index in [1.807, 2.05) is 0 Å². The number of nitrogens with zero attached hydrogens (tertiary/aromatic N) is 2. The molecule has 76 valence electrons. The van der Waals surface area contributed by atoms with Crippen LogP contribution in [0.1, 0.15) is 16.2 Å². The molecule has 1 heterocycles. The molecule has 0 radical (unpaired) electrons. The highest BCUT2D eigenvalue weighted by Gasteiger charge is 2.13. The van der Waals surface area contributed by atoms with E-state index in [1.54, 1.807) is 0 Å². The molecule has 14 heavy (non-hydrogen) atoms. The van der Waals surface area contributed by atoms with E-state index in [2.05, 4.69) is 14.7 Å². The van der Waals surface area contributed by atoms with Crippen LogP contribution >= 0.6 is 0 Å². The van der Waals surface area contributed by atoms with Crippen LogP contribution in [0, 0.1) is 0 Å². The molecular weight excluding hydrogens is 206 g/mol. The minimum atomic E-state index is -3.42. The summed E-state index contributed by atoms with van der Waals surface area (Å²) >= 11 is 0. The van der Waals surface area contributed by atoms with E-state index >= 15 is 0 Å². The fourth-order valence-corrected chi connectivity index (χ4v) is 1.57. The summed E-state index contributed by atoms with van der Waals surface area (Å²) < 4.78 is 24.4. The van der Waals surface area contributed by atoms with E-state index in [1.165, 1.54) is 19.4 Å². The van der Waals surface area contributed by atoms with Crippen molar-refractivity contribution in [2.75, 3.05) is 7.05 Å². The molecule has 0 unspecified atom stereocenters. The molecule has 1 N–H and O–H groups in total. The maximum atomic E-state index is 11.1. The summed E-state index contributed by atoms with van der Waals surface area (Å²) in [5.74, 6) is -0.342. The first-order chi connectivity index (χ1) is 6.59. The van der Waals surface area contributed by atoms with Crippen molar-refractivity contribution in [3.63, 3.8) is 0 Å². The summed E-state index contributed by atoms with van der Waals surface area (Å²) in [4.78, 5) is 17.9. The lowest BCUT2D eigenvalue weighted by molar-refractivity contribution is 0.111. The molecule has 0 saturated heterocycles. The van der Waals surface area contributed by atoms with Crippen LogP contribution in [0.25, 0.3) is 0 Å². The zero-order valence-electron chi connectivity index (χ0n) is 7.47. The number of aldehydes is 1. The predicted molar refractivity (Wildman–Crippen MR) is 49.1 cm³/mol. The van der Waals surface area contributed by atoms with Crippen LogP contribution < -0.4 is 4.72 Å². The fourth-order valence-electron chi connectivity index (χ4n) is 0.839. The second kappa shape index (κ2) is 4.25. The standard InChI is InChI=1S/C7H9N3O3S/c1-8-14(12,13)5-7-6(4-11)9-2-3-10-7/h2-4,8H,5H2,1H3. The van der Waals surface area contributed by atoms with E-state index in [0.717, 1.165) is 0 Å². The first-order valence-corrected chi connectivity index (χ1v) is 5.40. The van der Waals surface area contributed by atoms with Gasteiger partial charge in [0.25, 0.3) is 0 Å². The van der Waals surface area contributed by atoms with Gasteiger partial charge in [-0.25, -0.2) is 18.1 Å². The predicted octanol–water partition coefficient (Wildman–Crippen LogP) is -0.662. The van der Waals surface area contributed by atoms with E-state index in [-0.39, 0.29) is 17.1 Å². The van der Waals surface area contributed by atoms with Crippen LogP contribution in [-0.2, 0) is 15.8 Å². The van der Waals surface area contributed by atoms with E-state index in [0.29, 0.717) is 6.29 Å². The maximum Gasteiger partial charge on any atom is 0.217 e. The lowest BCUT2D eigenvalue weighted by Crippen LogP contribution is -2.21. The summed E-state index contributed by atoms with van der Waals surface area (Å²) in [5, 5.41) is 0. The largest absolute Gasteiger partial charge is 0.296 e. The number of rotatable bonds is 4. The third-order valence-electron chi connectivity index (χ3n) is 1.56. The van der Waals surface area contributed by atoms with Crippen LogP contribution in [0.2, 0.25) is 0 Å². The number of carbonyl (C=O) groups excluding carboxylic acids is 1. The summed E-state index contributed by atoms with van der Waals surface area (Å²) in [6.45, 7) is 0. The lowest BCUT2D eigenvalue weighted by Gasteiger charge is -2.02. The monoisotopic (exact) mass is 215 g/mol. The molecule has 0 aliphatic carbocycles. The highest BCUT2D eigenvalue weighted by atomic mass is 32.2. The van der Waals surface area contributed by atoms with Crippen molar-refractivity contribution < 1.29 is 13.2 Å². The molecule has 0 aliphatic rings. The smallest absolute Gasteiger partial charge is 0.217 e. The minimum absolute atomic E-state index is 0.0475. The number of sulfonamides is 1. The average molecular weight is 215 g/mol. The van der Waals surface area contributed by atoms with Crippen LogP contribution in [0.3, 0.4) is 0 Å². The van der Waals surface area contributed by atoms with Gasteiger partial charge in [0.15, 0.2) is 6.29 Å². The van der Waals surface area contributed by atoms with Gasteiger partial charge in [-0.05, 0) is 7.05 Å². The Labute approximate surface area is 81.4 Å². The zero-order chi connectivity index (χ0) is 10.6. The normalized spacial score (nSPS) is 11.2. The molecular formula is C7H9N3O3S. The summed E-state index contributed by atoms with van der Waals surface area (Å²) in [7, 11) is -2.12. The van der Waals surface area contributed by atoms with Crippen LogP contribution in [0.5, 0.6) is 0 Å². The van der Waals surface area contributed by atoms with Gasteiger partial charge in [0.2, 0.25) is 10.0 Å². The first-order valence-electron chi connectivity index (χ1n) is 3.75. The molecule has 0 atom stereocenters. The molecule has 1 rings (SSSR count). The Kier molecular flexibility index (Phi) is 3.26. The van der Waals surface area contributed by atoms with Crippen molar-refractivity contribution in [1.82, 2.24) is 14.7 Å². The number of carbonyl (C=O) groups is 1. The number of aromatic nitrogens is 2. The SMILES string of the molecule is CNS(=O)(=O)Cc1nccnc1C=O. The molecule has 0 aromatic carbocycles. The highest BCUT2D eigenvalue weighted by molar-refractivity contribution is 7.88. The molecule has 0 bridgehead atoms. The zero-order valence-corrected chi connectivity index (χ0v) is 8.28. The molecule has 6 nitrogen and oxygen atoms in total. The molecule has 7 heteroatoms. The summed E-state index contributed by atoms with van der Waals surface area (Å²) in [6, 6.07) is 0. The van der Waals surface area contributed by atoms with Crippen molar-refractivity contribution in [3.05, 3.63) is 23.8 Å². The molecule has 0 spiro atoms. The van der Waals surface area contributed by atoms with Gasteiger partial charge in [-0.15, -0.1) is 0 Å². The topological polar surface area (TPSA) is 89.0 Å². The second-order valence-electron chi connectivity index (χ2n) is 2.47. The van der Waals surface area contributed by atoms with Gasteiger partial charge < -0.3 is 0 Å². The average Bonchev–Trinajstić information content (AvgIpc) is 2.18. The molecule has 1 aromatic heterocycles. The van der Waals surface area contributed by atoms with Crippen molar-refractivity contribution in [2.24, 2.45) is 0 Å². The number of nitrogens with one attached hydrogen (secondary N) is 1. The first kappa shape index (κ1) is 10.7. The Morgan fingerprint density at radius 1 is 1.43 bits per heavy atom. The molecule has 0 amide bonds.